The lowest BCUT2D eigenvalue weighted by Gasteiger charge is -2.19. The zero-order valence-electron chi connectivity index (χ0n) is 18.1. The molecule has 35 heavy (non-hydrogen) atoms. The van der Waals surface area contributed by atoms with Gasteiger partial charge in [0.15, 0.2) is 0 Å². The minimum Gasteiger partial charge on any atom is -0.355 e. The Morgan fingerprint density at radius 1 is 1.00 bits per heavy atom. The molecule has 1 N–H and O–H groups in total. The predicted molar refractivity (Wildman–Crippen MR) is 125 cm³/mol. The Hall–Kier alpha value is -4.27. The number of nitrogens with zero attached hydrogens (tertiary/aromatic N) is 3. The first-order valence-corrected chi connectivity index (χ1v) is 10.7. The molecule has 1 amide bonds. The van der Waals surface area contributed by atoms with Crippen LogP contribution in [-0.2, 0) is 11.0 Å². The number of carbonyl (C=O) groups is 1. The summed E-state index contributed by atoms with van der Waals surface area (Å²) >= 11 is 0. The summed E-state index contributed by atoms with van der Waals surface area (Å²) in [6.45, 7) is 0. The minimum absolute atomic E-state index is 0.223. The minimum atomic E-state index is -4.45. The summed E-state index contributed by atoms with van der Waals surface area (Å²) in [5.74, 6) is -0.354. The van der Waals surface area contributed by atoms with E-state index in [0.717, 1.165) is 23.3 Å². The second kappa shape index (κ2) is 8.83. The van der Waals surface area contributed by atoms with Gasteiger partial charge >= 0.3 is 6.18 Å². The number of alkyl halides is 3. The van der Waals surface area contributed by atoms with E-state index in [0.29, 0.717) is 35.3 Å². The Kier molecular flexibility index (Phi) is 5.68. The van der Waals surface area contributed by atoms with Gasteiger partial charge in [-0.2, -0.15) is 18.3 Å². The first-order chi connectivity index (χ1) is 16.8. The molecule has 0 radical (unpaired) electrons. The Morgan fingerprint density at radius 3 is 2.54 bits per heavy atom. The predicted octanol–water partition coefficient (Wildman–Crippen LogP) is 6.44. The number of benzene rings is 3. The number of fused-ring (bicyclic) bond motifs is 1. The summed E-state index contributed by atoms with van der Waals surface area (Å²) in [7, 11) is 0. The highest BCUT2D eigenvalue weighted by Gasteiger charge is 2.31. The van der Waals surface area contributed by atoms with Crippen LogP contribution in [0, 0.1) is 5.82 Å². The molecular formula is C26H18F4N4O. The maximum Gasteiger partial charge on any atom is 0.416 e. The normalized spacial score (nSPS) is 15.8. The van der Waals surface area contributed by atoms with Crippen LogP contribution in [0.5, 0.6) is 0 Å². The van der Waals surface area contributed by atoms with Gasteiger partial charge in [0.2, 0.25) is 6.41 Å². The lowest BCUT2D eigenvalue weighted by molar-refractivity contribution is -0.137. The number of rotatable bonds is 5. The molecule has 0 saturated heterocycles. The summed E-state index contributed by atoms with van der Waals surface area (Å²) < 4.78 is 52.5. The van der Waals surface area contributed by atoms with Gasteiger partial charge in [0.1, 0.15) is 5.82 Å². The van der Waals surface area contributed by atoms with Crippen LogP contribution >= 0.6 is 0 Å². The van der Waals surface area contributed by atoms with E-state index < -0.39 is 11.7 Å². The van der Waals surface area contributed by atoms with Gasteiger partial charge in [0.05, 0.1) is 22.8 Å². The summed E-state index contributed by atoms with van der Waals surface area (Å²) in [6.07, 6.45) is -1.90. The van der Waals surface area contributed by atoms with E-state index in [1.54, 1.807) is 18.2 Å². The number of nitrogens with one attached hydrogen (secondary N) is 1. The number of aromatic nitrogens is 1. The lowest BCUT2D eigenvalue weighted by atomic mass is 9.98. The van der Waals surface area contributed by atoms with Gasteiger partial charge in [-0.1, -0.05) is 30.3 Å². The Balaban J connectivity index is 1.41. The van der Waals surface area contributed by atoms with E-state index >= 15 is 0 Å². The number of hydrogen-bond acceptors (Lipinski definition) is 4. The van der Waals surface area contributed by atoms with E-state index in [1.807, 2.05) is 24.3 Å². The van der Waals surface area contributed by atoms with Gasteiger partial charge in [-0.25, -0.2) is 9.40 Å². The third-order valence-corrected chi connectivity index (χ3v) is 5.85. The maximum atomic E-state index is 13.3. The fraction of sp³-hybridized carbons (Fsp3) is 0.115. The highest BCUT2D eigenvalue weighted by atomic mass is 19.4. The van der Waals surface area contributed by atoms with E-state index in [1.165, 1.54) is 29.4 Å². The summed E-state index contributed by atoms with van der Waals surface area (Å²) in [4.78, 5) is 15.8. The number of hydrazone groups is 1. The van der Waals surface area contributed by atoms with Crippen molar-refractivity contribution >= 4 is 34.4 Å². The van der Waals surface area contributed by atoms with Crippen molar-refractivity contribution in [3.05, 3.63) is 102 Å². The molecule has 5 rings (SSSR count). The Morgan fingerprint density at radius 2 is 1.80 bits per heavy atom. The molecule has 1 aromatic heterocycles. The smallest absolute Gasteiger partial charge is 0.355 e. The Labute approximate surface area is 197 Å². The van der Waals surface area contributed by atoms with Crippen LogP contribution in [0.15, 0.2) is 84.1 Å². The van der Waals surface area contributed by atoms with Crippen molar-refractivity contribution in [1.29, 1.82) is 0 Å². The van der Waals surface area contributed by atoms with E-state index in [4.69, 9.17) is 0 Å². The molecule has 0 bridgehead atoms. The van der Waals surface area contributed by atoms with Crippen LogP contribution in [0.25, 0.3) is 10.9 Å². The summed E-state index contributed by atoms with van der Waals surface area (Å²) in [6, 6.07) is 18.1. The van der Waals surface area contributed by atoms with Crippen molar-refractivity contribution < 1.29 is 22.4 Å². The molecule has 4 aromatic rings. The number of carbonyl (C=O) groups excluding carboxylic acids is 1. The Bertz CT molecular complexity index is 1430. The average Bonchev–Trinajstić information content (AvgIpc) is 3.29. The number of pyridine rings is 1. The lowest BCUT2D eigenvalue weighted by Crippen LogP contribution is -2.17. The fourth-order valence-corrected chi connectivity index (χ4v) is 4.12. The van der Waals surface area contributed by atoms with Crippen LogP contribution in [0.1, 0.15) is 29.2 Å². The molecule has 0 aliphatic carbocycles. The zero-order chi connectivity index (χ0) is 24.6. The number of anilines is 2. The zero-order valence-corrected chi connectivity index (χ0v) is 18.1. The highest BCUT2D eigenvalue weighted by molar-refractivity contribution is 6.02. The molecule has 1 aliphatic heterocycles. The molecule has 9 heteroatoms. The monoisotopic (exact) mass is 478 g/mol. The molecular weight excluding hydrogens is 460 g/mol. The van der Waals surface area contributed by atoms with Crippen molar-refractivity contribution in [3.63, 3.8) is 0 Å². The van der Waals surface area contributed by atoms with E-state index in [2.05, 4.69) is 15.4 Å². The van der Waals surface area contributed by atoms with Crippen LogP contribution in [0.2, 0.25) is 0 Å². The van der Waals surface area contributed by atoms with Gasteiger partial charge in [-0.15, -0.1) is 0 Å². The molecule has 176 valence electrons. The molecule has 1 aliphatic rings. The van der Waals surface area contributed by atoms with Crippen molar-refractivity contribution in [1.82, 2.24) is 9.99 Å². The molecule has 3 aromatic carbocycles. The quantitative estimate of drug-likeness (QED) is 0.265. The topological polar surface area (TPSA) is 57.6 Å². The molecule has 1 unspecified atom stereocenters. The maximum absolute atomic E-state index is 13.3. The number of halogens is 4. The van der Waals surface area contributed by atoms with Crippen molar-refractivity contribution in [2.75, 3.05) is 5.32 Å². The first kappa shape index (κ1) is 22.5. The van der Waals surface area contributed by atoms with Crippen molar-refractivity contribution in [3.8, 4) is 0 Å². The molecule has 0 spiro atoms. The second-order valence-corrected chi connectivity index (χ2v) is 8.10. The molecule has 0 saturated carbocycles. The molecule has 1 atom stereocenters. The largest absolute Gasteiger partial charge is 0.416 e. The number of hydrogen-bond donors (Lipinski definition) is 1. The van der Waals surface area contributed by atoms with E-state index in [-0.39, 0.29) is 17.4 Å². The standard InChI is InChI=1S/C26H18F4N4O/c27-19-7-4-16(5-8-19)23-14-25(34(15-35)33-23)17-2-1-3-20(12-17)32-22-10-11-31-24-13-18(26(28,29)30)6-9-21(22)24/h1-13,15,25H,14H2,(H,31,32). The van der Waals surface area contributed by atoms with Gasteiger partial charge in [-0.05, 0) is 53.6 Å². The molecule has 2 heterocycles. The van der Waals surface area contributed by atoms with Gasteiger partial charge in [0.25, 0.3) is 0 Å². The van der Waals surface area contributed by atoms with Crippen LogP contribution < -0.4 is 5.32 Å². The fourth-order valence-electron chi connectivity index (χ4n) is 4.12. The molecule has 0 fully saturated rings. The summed E-state index contributed by atoms with van der Waals surface area (Å²) in [5, 5.41) is 9.51. The van der Waals surface area contributed by atoms with Gasteiger partial charge in [-0.3, -0.25) is 9.78 Å². The van der Waals surface area contributed by atoms with Crippen LogP contribution in [0.4, 0.5) is 28.9 Å². The van der Waals surface area contributed by atoms with Gasteiger partial charge in [0, 0.05) is 29.4 Å². The average molecular weight is 478 g/mol. The second-order valence-electron chi connectivity index (χ2n) is 8.10. The SMILES string of the molecule is O=CN1N=C(c2ccc(F)cc2)CC1c1cccc(Nc2ccnc3cc(C(F)(F)F)ccc23)c1. The van der Waals surface area contributed by atoms with Crippen LogP contribution in [0.3, 0.4) is 0 Å². The third kappa shape index (κ3) is 4.57. The third-order valence-electron chi connectivity index (χ3n) is 5.85. The van der Waals surface area contributed by atoms with Gasteiger partial charge < -0.3 is 5.32 Å². The van der Waals surface area contributed by atoms with Crippen LogP contribution in [-0.4, -0.2) is 22.1 Å². The highest BCUT2D eigenvalue weighted by Crippen LogP contribution is 2.35. The van der Waals surface area contributed by atoms with Crippen molar-refractivity contribution in [2.45, 2.75) is 18.6 Å². The first-order valence-electron chi connectivity index (χ1n) is 10.7. The number of amides is 1. The van der Waals surface area contributed by atoms with Crippen molar-refractivity contribution in [2.24, 2.45) is 5.10 Å². The van der Waals surface area contributed by atoms with E-state index in [9.17, 15) is 22.4 Å². The molecule has 5 nitrogen and oxygen atoms in total. The summed E-state index contributed by atoms with van der Waals surface area (Å²) in [5.41, 5.74) is 2.97.